The van der Waals surface area contributed by atoms with E-state index in [1.165, 1.54) is 6.92 Å². The van der Waals surface area contributed by atoms with Crippen molar-refractivity contribution in [2.45, 2.75) is 40.5 Å². The number of rotatable bonds is 10. The fraction of sp³-hybridized carbons (Fsp3) is 0.423. The number of hydrogen-bond donors (Lipinski definition) is 2. The van der Waals surface area contributed by atoms with Crippen molar-refractivity contribution in [1.82, 2.24) is 4.90 Å². The first-order valence-electron chi connectivity index (χ1n) is 11.0. The van der Waals surface area contributed by atoms with Crippen LogP contribution in [0.5, 0.6) is 0 Å². The predicted octanol–water partition coefficient (Wildman–Crippen LogP) is 2.72. The van der Waals surface area contributed by atoms with Crippen LogP contribution in [0.2, 0.25) is 0 Å². The zero-order valence-corrected chi connectivity index (χ0v) is 22.2. The predicted molar refractivity (Wildman–Crippen MR) is 138 cm³/mol. The van der Waals surface area contributed by atoms with E-state index in [2.05, 4.69) is 47.1 Å². The fourth-order valence-corrected chi connectivity index (χ4v) is 1.64. The van der Waals surface area contributed by atoms with Gasteiger partial charge in [-0.3, -0.25) is 4.79 Å². The summed E-state index contributed by atoms with van der Waals surface area (Å²) < 4.78 is 13.8. The summed E-state index contributed by atoms with van der Waals surface area (Å²) >= 11 is 0. The molecule has 11 nitrogen and oxygen atoms in total. The van der Waals surface area contributed by atoms with Crippen molar-refractivity contribution in [3.63, 3.8) is 0 Å². The molecule has 37 heavy (non-hydrogen) atoms. The lowest BCUT2D eigenvalue weighted by atomic mass is 10.4. The number of hydrogen-bond acceptors (Lipinski definition) is 9. The molecule has 0 unspecified atom stereocenters. The number of aliphatic carboxylic acids is 1. The van der Waals surface area contributed by atoms with Gasteiger partial charge in [0.05, 0.1) is 6.61 Å². The van der Waals surface area contributed by atoms with E-state index in [4.69, 9.17) is 10.2 Å². The van der Waals surface area contributed by atoms with Crippen LogP contribution in [0.3, 0.4) is 0 Å². The molecule has 0 aromatic rings. The normalized spacial score (nSPS) is 10.9. The van der Waals surface area contributed by atoms with Gasteiger partial charge in [-0.2, -0.15) is 0 Å². The summed E-state index contributed by atoms with van der Waals surface area (Å²) in [6, 6.07) is 0. The van der Waals surface area contributed by atoms with E-state index < -0.39 is 23.9 Å². The van der Waals surface area contributed by atoms with Gasteiger partial charge in [-0.25, -0.2) is 19.2 Å². The number of carbonyl (C=O) groups is 5. The van der Waals surface area contributed by atoms with Gasteiger partial charge in [0.2, 0.25) is 5.91 Å². The maximum atomic E-state index is 10.8. The van der Waals surface area contributed by atoms with E-state index in [0.717, 1.165) is 13.0 Å². The Bertz CT molecular complexity index is 817. The Labute approximate surface area is 218 Å². The van der Waals surface area contributed by atoms with Gasteiger partial charge in [0.15, 0.2) is 0 Å². The van der Waals surface area contributed by atoms with Gasteiger partial charge in [0.25, 0.3) is 0 Å². The van der Waals surface area contributed by atoms with E-state index in [1.807, 2.05) is 0 Å². The van der Waals surface area contributed by atoms with Crippen LogP contribution in [0.15, 0.2) is 61.4 Å². The molecular formula is C26H39NO10. The first-order chi connectivity index (χ1) is 17.1. The molecule has 0 atom stereocenters. The third kappa shape index (κ3) is 23.5. The zero-order valence-electron chi connectivity index (χ0n) is 22.2. The third-order valence-electron chi connectivity index (χ3n) is 3.61. The lowest BCUT2D eigenvalue weighted by Crippen LogP contribution is -2.16. The molecule has 0 spiro atoms. The van der Waals surface area contributed by atoms with Crippen molar-refractivity contribution in [2.75, 3.05) is 33.0 Å². The number of ether oxygens (including phenoxy) is 3. The summed E-state index contributed by atoms with van der Waals surface area (Å²) in [6.07, 6.45) is 3.28. The quantitative estimate of drug-likeness (QED) is 0.188. The monoisotopic (exact) mass is 525 g/mol. The Balaban J connectivity index is -0.000000438. The number of carbonyl (C=O) groups excluding carboxylic acids is 4. The lowest BCUT2D eigenvalue weighted by molar-refractivity contribution is -0.147. The van der Waals surface area contributed by atoms with Gasteiger partial charge in [0.1, 0.15) is 19.8 Å². The summed E-state index contributed by atoms with van der Waals surface area (Å²) in [7, 11) is 0. The largest absolute Gasteiger partial charge is 0.478 e. The van der Waals surface area contributed by atoms with Gasteiger partial charge >= 0.3 is 23.9 Å². The number of aliphatic hydroxyl groups excluding tert-OH is 1. The van der Waals surface area contributed by atoms with Gasteiger partial charge in [-0.1, -0.05) is 32.9 Å². The first-order valence-corrected chi connectivity index (χ1v) is 11.0. The molecule has 2 N–H and O–H groups in total. The van der Waals surface area contributed by atoms with Crippen molar-refractivity contribution in [3.05, 3.63) is 61.4 Å². The third-order valence-corrected chi connectivity index (χ3v) is 3.61. The average Bonchev–Trinajstić information content (AvgIpc) is 3.25. The second-order valence-electron chi connectivity index (χ2n) is 7.43. The molecule has 1 rings (SSSR count). The highest BCUT2D eigenvalue weighted by Crippen LogP contribution is 2.08. The minimum absolute atomic E-state index is 0.0325. The number of nitrogens with zero attached hydrogens (tertiary/aromatic N) is 1. The molecule has 0 aromatic carbocycles. The molecule has 1 saturated heterocycles. The van der Waals surface area contributed by atoms with E-state index in [0.29, 0.717) is 23.1 Å². The zero-order chi connectivity index (χ0) is 29.6. The van der Waals surface area contributed by atoms with E-state index >= 15 is 0 Å². The molecule has 0 radical (unpaired) electrons. The van der Waals surface area contributed by atoms with Crippen molar-refractivity contribution < 1.29 is 48.4 Å². The topological polar surface area (TPSA) is 157 Å². The maximum Gasteiger partial charge on any atom is 0.333 e. The Morgan fingerprint density at radius 2 is 1.16 bits per heavy atom. The Kier molecular flexibility index (Phi) is 22.8. The van der Waals surface area contributed by atoms with Crippen LogP contribution < -0.4 is 0 Å². The van der Waals surface area contributed by atoms with Crippen LogP contribution in [0.25, 0.3) is 0 Å². The molecule has 0 aliphatic carbocycles. The van der Waals surface area contributed by atoms with Crippen LogP contribution in [-0.4, -0.2) is 77.9 Å². The highest BCUT2D eigenvalue weighted by atomic mass is 16.6. The smallest absolute Gasteiger partial charge is 0.333 e. The highest BCUT2D eigenvalue weighted by Gasteiger charge is 2.16. The first kappa shape index (κ1) is 37.6. The van der Waals surface area contributed by atoms with Gasteiger partial charge in [-0.15, -0.1) is 0 Å². The van der Waals surface area contributed by atoms with Crippen LogP contribution in [-0.2, 0) is 38.2 Å². The molecule has 1 amide bonds. The maximum absolute atomic E-state index is 10.8. The van der Waals surface area contributed by atoms with Crippen molar-refractivity contribution >= 4 is 29.8 Å². The molecule has 11 heteroatoms. The Morgan fingerprint density at radius 3 is 1.35 bits per heavy atom. The number of carboxylic acids is 1. The van der Waals surface area contributed by atoms with Gasteiger partial charge in [-0.05, 0) is 40.3 Å². The van der Waals surface area contributed by atoms with E-state index in [1.54, 1.807) is 31.9 Å². The summed E-state index contributed by atoms with van der Waals surface area (Å²) in [5.41, 5.74) is 1.16. The molecule has 1 aliphatic heterocycles. The lowest BCUT2D eigenvalue weighted by Gasteiger charge is -2.05. The molecular weight excluding hydrogens is 486 g/mol. The molecule has 1 fully saturated rings. The molecule has 0 saturated carbocycles. The van der Waals surface area contributed by atoms with Crippen LogP contribution in [0.4, 0.5) is 0 Å². The summed E-state index contributed by atoms with van der Waals surface area (Å²) in [5, 5.41) is 16.1. The number of amides is 1. The second-order valence-corrected chi connectivity index (χ2v) is 7.43. The summed E-state index contributed by atoms with van der Waals surface area (Å²) in [6.45, 7) is 23.7. The van der Waals surface area contributed by atoms with Crippen LogP contribution in [0.1, 0.15) is 40.5 Å². The van der Waals surface area contributed by atoms with Crippen molar-refractivity contribution in [2.24, 2.45) is 0 Å². The van der Waals surface area contributed by atoms with Crippen molar-refractivity contribution in [1.29, 1.82) is 0 Å². The van der Waals surface area contributed by atoms with E-state index in [-0.39, 0.29) is 37.9 Å². The molecule has 0 aromatic heterocycles. The van der Waals surface area contributed by atoms with E-state index in [9.17, 15) is 24.0 Å². The summed E-state index contributed by atoms with van der Waals surface area (Å²) in [5.74, 6) is -2.16. The number of carboxylic acid groups (broad SMARTS) is 1. The number of likely N-dealkylation sites (tertiary alicyclic amines) is 1. The Morgan fingerprint density at radius 1 is 0.811 bits per heavy atom. The van der Waals surface area contributed by atoms with Crippen LogP contribution >= 0.6 is 0 Å². The highest BCUT2D eigenvalue weighted by molar-refractivity contribution is 5.88. The average molecular weight is 526 g/mol. The molecule has 0 bridgehead atoms. The fourth-order valence-electron chi connectivity index (χ4n) is 1.64. The second kappa shape index (κ2) is 22.5. The molecule has 1 heterocycles. The standard InChI is InChI=1S/C10H14O4.C6H9NO.C6H10O3.C4H6O2/c1-7(2)9(11)13-5-6-14-10(12)8(3)4;1-2-7-5-3-4-6(7)8;1-5(2)6(8)9-4-3-7;1-3(2)4(5)6/h1,3,5-6H2,2,4H3;2H,1,3-5H2;7H,1,3-4H2,2H3;1H2,2H3,(H,5,6). The number of aliphatic hydroxyl groups is 1. The minimum Gasteiger partial charge on any atom is -0.478 e. The minimum atomic E-state index is -0.935. The Hall–Kier alpha value is -3.99. The van der Waals surface area contributed by atoms with Gasteiger partial charge in [0, 0.05) is 35.3 Å². The molecule has 1 aliphatic rings. The summed E-state index contributed by atoms with van der Waals surface area (Å²) in [4.78, 5) is 54.1. The SMILES string of the molecule is C=C(C)C(=O)O.C=C(C)C(=O)OCCO.C=C(C)C(=O)OCCOC(=O)C(=C)C.C=CN1CCCC1=O. The van der Waals surface area contributed by atoms with Crippen LogP contribution in [0, 0.1) is 0 Å². The van der Waals surface area contributed by atoms with Crippen molar-refractivity contribution in [3.8, 4) is 0 Å². The number of esters is 3. The molecule has 208 valence electrons. The van der Waals surface area contributed by atoms with Gasteiger partial charge < -0.3 is 29.3 Å².